The third-order valence-corrected chi connectivity index (χ3v) is 2.00. The number of aliphatic hydroxyl groups is 1. The van der Waals surface area contributed by atoms with E-state index in [9.17, 15) is 5.11 Å². The van der Waals surface area contributed by atoms with Gasteiger partial charge in [-0.15, -0.1) is 11.6 Å². The smallest absolute Gasteiger partial charge is 0.189 e. The fourth-order valence-corrected chi connectivity index (χ4v) is 1.30. The molecule has 0 aromatic rings. The van der Waals surface area contributed by atoms with Crippen LogP contribution in [0, 0.1) is 0 Å². The number of aliphatic hydroxyl groups excluding tert-OH is 1. The van der Waals surface area contributed by atoms with Gasteiger partial charge in [-0.25, -0.2) is 0 Å². The van der Waals surface area contributed by atoms with Gasteiger partial charge < -0.3 is 9.59 Å². The predicted molar refractivity (Wildman–Crippen MR) is 44.0 cm³/mol. The minimum absolute atomic E-state index is 0.279. The Kier molecular flexibility index (Phi) is 4.25. The molecule has 0 amide bonds. The number of hydrogen-bond acceptors (Lipinski definition) is 1. The van der Waals surface area contributed by atoms with Crippen LogP contribution < -0.4 is 0 Å². The molecule has 0 saturated heterocycles. The van der Waals surface area contributed by atoms with Crippen molar-refractivity contribution in [2.24, 2.45) is 0 Å². The van der Waals surface area contributed by atoms with E-state index < -0.39 is 0 Å². The van der Waals surface area contributed by atoms with Crippen molar-refractivity contribution in [1.82, 2.24) is 0 Å². The second-order valence-electron chi connectivity index (χ2n) is 3.08. The molecule has 1 N–H and O–H groups in total. The molecule has 3 heteroatoms. The molecule has 1 atom stereocenters. The first kappa shape index (κ1) is 10.2. The van der Waals surface area contributed by atoms with Crippen molar-refractivity contribution in [3.63, 3.8) is 0 Å². The molecule has 2 nitrogen and oxygen atoms in total. The first-order chi connectivity index (χ1) is 4.54. The minimum atomic E-state index is -0.279. The minimum Gasteiger partial charge on any atom is -0.345 e. The van der Waals surface area contributed by atoms with E-state index >= 15 is 0 Å². The third kappa shape index (κ3) is 2.86. The van der Waals surface area contributed by atoms with Crippen LogP contribution in [-0.2, 0) is 0 Å². The number of alkyl halides is 1. The molecule has 0 aliphatic rings. The van der Waals surface area contributed by atoms with Gasteiger partial charge in [0.15, 0.2) is 6.23 Å². The molecule has 0 bridgehead atoms. The first-order valence-corrected chi connectivity index (χ1v) is 4.14. The maximum Gasteiger partial charge on any atom is 0.189 e. The summed E-state index contributed by atoms with van der Waals surface area (Å²) < 4.78 is 0.597. The summed E-state index contributed by atoms with van der Waals surface area (Å²) in [6.07, 6.45) is 0.503. The Balaban J connectivity index is 3.82. The van der Waals surface area contributed by atoms with Crippen molar-refractivity contribution >= 4 is 11.6 Å². The van der Waals surface area contributed by atoms with Crippen molar-refractivity contribution in [3.05, 3.63) is 0 Å². The zero-order valence-electron chi connectivity index (χ0n) is 6.97. The molecule has 0 aromatic carbocycles. The summed E-state index contributed by atoms with van der Waals surface area (Å²) in [5, 5.41) is 9.43. The SMILES string of the molecule is CCC(O)[N+](C)(C)CCCl. The normalized spacial score (nSPS) is 15.3. The van der Waals surface area contributed by atoms with Crippen molar-refractivity contribution in [2.45, 2.75) is 19.6 Å². The summed E-state index contributed by atoms with van der Waals surface area (Å²) in [6.45, 7) is 2.79. The van der Waals surface area contributed by atoms with Gasteiger partial charge in [-0.05, 0) is 0 Å². The van der Waals surface area contributed by atoms with Gasteiger partial charge in [-0.1, -0.05) is 6.92 Å². The van der Waals surface area contributed by atoms with Crippen LogP contribution in [0.15, 0.2) is 0 Å². The lowest BCUT2D eigenvalue weighted by Gasteiger charge is -2.33. The summed E-state index contributed by atoms with van der Waals surface area (Å²) in [5.41, 5.74) is 0. The average molecular weight is 167 g/mol. The maximum atomic E-state index is 9.43. The van der Waals surface area contributed by atoms with Gasteiger partial charge in [0, 0.05) is 6.42 Å². The highest BCUT2D eigenvalue weighted by Gasteiger charge is 2.22. The van der Waals surface area contributed by atoms with E-state index in [1.807, 2.05) is 21.0 Å². The monoisotopic (exact) mass is 166 g/mol. The quantitative estimate of drug-likeness (QED) is 0.376. The molecule has 0 radical (unpaired) electrons. The van der Waals surface area contributed by atoms with E-state index in [0.29, 0.717) is 10.4 Å². The first-order valence-electron chi connectivity index (χ1n) is 3.61. The highest BCUT2D eigenvalue weighted by Crippen LogP contribution is 2.06. The van der Waals surface area contributed by atoms with Crippen molar-refractivity contribution in [2.75, 3.05) is 26.5 Å². The van der Waals surface area contributed by atoms with E-state index in [1.165, 1.54) is 0 Å². The van der Waals surface area contributed by atoms with Crippen LogP contribution in [-0.4, -0.2) is 42.3 Å². The molecule has 10 heavy (non-hydrogen) atoms. The summed E-state index contributed by atoms with van der Waals surface area (Å²) in [6, 6.07) is 0. The highest BCUT2D eigenvalue weighted by molar-refractivity contribution is 6.17. The Bertz CT molecular complexity index is 95.6. The maximum absolute atomic E-state index is 9.43. The van der Waals surface area contributed by atoms with Crippen LogP contribution in [0.4, 0.5) is 0 Å². The van der Waals surface area contributed by atoms with Crippen LogP contribution in [0.25, 0.3) is 0 Å². The average Bonchev–Trinajstić information content (AvgIpc) is 1.86. The molecule has 0 aliphatic carbocycles. The van der Waals surface area contributed by atoms with Gasteiger partial charge >= 0.3 is 0 Å². The molecular weight excluding hydrogens is 150 g/mol. The van der Waals surface area contributed by atoms with Gasteiger partial charge in [-0.3, -0.25) is 0 Å². The zero-order valence-corrected chi connectivity index (χ0v) is 7.73. The molecule has 1 unspecified atom stereocenters. The molecule has 0 aromatic heterocycles. The summed E-state index contributed by atoms with van der Waals surface area (Å²) >= 11 is 5.56. The lowest BCUT2D eigenvalue weighted by molar-refractivity contribution is -0.934. The Morgan fingerprint density at radius 1 is 1.50 bits per heavy atom. The van der Waals surface area contributed by atoms with Gasteiger partial charge in [0.1, 0.15) is 0 Å². The molecule has 0 spiro atoms. The fourth-order valence-electron chi connectivity index (χ4n) is 0.861. The second-order valence-corrected chi connectivity index (χ2v) is 3.46. The molecule has 0 rings (SSSR count). The van der Waals surface area contributed by atoms with Crippen LogP contribution in [0.1, 0.15) is 13.3 Å². The van der Waals surface area contributed by atoms with Crippen LogP contribution in [0.5, 0.6) is 0 Å². The predicted octanol–water partition coefficient (Wildman–Crippen LogP) is 1.03. The fraction of sp³-hybridized carbons (Fsp3) is 1.00. The lowest BCUT2D eigenvalue weighted by atomic mass is 10.3. The number of hydrogen-bond donors (Lipinski definition) is 1. The van der Waals surface area contributed by atoms with Gasteiger partial charge in [0.05, 0.1) is 26.5 Å². The molecule has 0 saturated carbocycles. The van der Waals surface area contributed by atoms with Gasteiger partial charge in [-0.2, -0.15) is 0 Å². The van der Waals surface area contributed by atoms with E-state index in [-0.39, 0.29) is 6.23 Å². The Hall–Kier alpha value is 0.210. The highest BCUT2D eigenvalue weighted by atomic mass is 35.5. The topological polar surface area (TPSA) is 20.2 Å². The van der Waals surface area contributed by atoms with Gasteiger partial charge in [0.25, 0.3) is 0 Å². The zero-order chi connectivity index (χ0) is 8.20. The number of halogens is 1. The molecule has 0 fully saturated rings. The van der Waals surface area contributed by atoms with Crippen LogP contribution in [0.3, 0.4) is 0 Å². The summed E-state index contributed by atoms with van der Waals surface area (Å²) in [5.74, 6) is 0.601. The van der Waals surface area contributed by atoms with Crippen LogP contribution in [0.2, 0.25) is 0 Å². The Morgan fingerprint density at radius 3 is 2.30 bits per heavy atom. The Labute approximate surface area is 68.0 Å². The van der Waals surface area contributed by atoms with Crippen molar-refractivity contribution < 1.29 is 9.59 Å². The van der Waals surface area contributed by atoms with E-state index in [2.05, 4.69) is 0 Å². The van der Waals surface area contributed by atoms with E-state index in [1.54, 1.807) is 0 Å². The summed E-state index contributed by atoms with van der Waals surface area (Å²) in [4.78, 5) is 0. The third-order valence-electron chi connectivity index (χ3n) is 1.83. The van der Waals surface area contributed by atoms with Crippen molar-refractivity contribution in [1.29, 1.82) is 0 Å². The lowest BCUT2D eigenvalue weighted by Crippen LogP contribution is -2.49. The van der Waals surface area contributed by atoms with Gasteiger partial charge in [0.2, 0.25) is 0 Å². The van der Waals surface area contributed by atoms with E-state index in [0.717, 1.165) is 13.0 Å². The second kappa shape index (κ2) is 4.16. The van der Waals surface area contributed by atoms with Crippen LogP contribution >= 0.6 is 11.6 Å². The molecule has 0 aliphatic heterocycles. The summed E-state index contributed by atoms with van der Waals surface area (Å²) in [7, 11) is 3.97. The number of nitrogens with zero attached hydrogens (tertiary/aromatic N) is 1. The number of rotatable bonds is 4. The van der Waals surface area contributed by atoms with E-state index in [4.69, 9.17) is 11.6 Å². The molecule has 0 heterocycles. The molecular formula is C7H17ClNO+. The largest absolute Gasteiger partial charge is 0.345 e. The molecule has 62 valence electrons. The van der Waals surface area contributed by atoms with Crippen molar-refractivity contribution in [3.8, 4) is 0 Å². The Morgan fingerprint density at radius 2 is 2.00 bits per heavy atom. The number of quaternary nitrogens is 1. The standard InChI is InChI=1S/C7H17ClNO/c1-4-7(10)9(2,3)6-5-8/h7,10H,4-6H2,1-3H3/q+1.